The van der Waals surface area contributed by atoms with Crippen molar-refractivity contribution in [2.75, 3.05) is 45.2 Å². The number of carbonyl (C=O) groups is 2. The number of halogens is 3. The summed E-state index contributed by atoms with van der Waals surface area (Å²) in [5, 5.41) is 9.50. The van der Waals surface area contributed by atoms with Crippen LogP contribution < -0.4 is 20.7 Å². The Morgan fingerprint density at radius 3 is 2.55 bits per heavy atom. The number of anilines is 2. The lowest BCUT2D eigenvalue weighted by molar-refractivity contribution is -0.126. The Hall–Kier alpha value is -4.29. The Kier molecular flexibility index (Phi) is 9.31. The second kappa shape index (κ2) is 13.1. The number of piperidine rings is 1. The molecule has 2 aliphatic heterocycles. The van der Waals surface area contributed by atoms with Crippen molar-refractivity contribution in [2.24, 2.45) is 11.8 Å². The molecule has 2 aromatic heterocycles. The highest BCUT2D eigenvalue weighted by Crippen LogP contribution is 2.32. The molecule has 10 nitrogen and oxygen atoms in total. The first-order valence-corrected chi connectivity index (χ1v) is 14.3. The Balaban J connectivity index is 0.00000384. The second-order valence-corrected chi connectivity index (χ2v) is 11.0. The van der Waals surface area contributed by atoms with Crippen molar-refractivity contribution in [1.29, 1.82) is 0 Å². The van der Waals surface area contributed by atoms with Crippen LogP contribution in [0.5, 0.6) is 5.75 Å². The number of nitrogens with zero attached hydrogens (tertiary/aromatic N) is 4. The molecule has 0 spiro atoms. The predicted octanol–water partition coefficient (Wildman–Crippen LogP) is 4.34. The maximum atomic E-state index is 14.8. The van der Waals surface area contributed by atoms with E-state index >= 15 is 0 Å². The molecule has 0 radical (unpaired) electrons. The van der Waals surface area contributed by atoms with E-state index in [0.717, 1.165) is 18.7 Å². The minimum atomic E-state index is -1.07. The third kappa shape index (κ3) is 6.04. The number of methoxy groups -OCH3 is 1. The van der Waals surface area contributed by atoms with Crippen LogP contribution in [-0.2, 0) is 4.79 Å². The lowest BCUT2D eigenvalue weighted by Gasteiger charge is -2.33. The maximum absolute atomic E-state index is 14.8. The quantitative estimate of drug-likeness (QED) is 0.267. The lowest BCUT2D eigenvalue weighted by Crippen LogP contribution is -2.50. The van der Waals surface area contributed by atoms with Gasteiger partial charge in [0.1, 0.15) is 0 Å². The van der Waals surface area contributed by atoms with Crippen molar-refractivity contribution in [1.82, 2.24) is 29.9 Å². The molecule has 0 unspecified atom stereocenters. The fourth-order valence-corrected chi connectivity index (χ4v) is 5.61. The van der Waals surface area contributed by atoms with Crippen LogP contribution >= 0.6 is 12.4 Å². The number of aryl methyl sites for hydroxylation is 1. The number of nitrogens with one attached hydrogen (secondary N) is 3. The molecule has 0 saturated carbocycles. The van der Waals surface area contributed by atoms with Gasteiger partial charge in [0.15, 0.2) is 23.0 Å². The number of ether oxygens (including phenoxy) is 1. The zero-order chi connectivity index (χ0) is 30.1. The van der Waals surface area contributed by atoms with E-state index < -0.39 is 11.6 Å². The molecule has 13 heteroatoms. The smallest absolute Gasteiger partial charge is 0.254 e. The largest absolute Gasteiger partial charge is 0.494 e. The van der Waals surface area contributed by atoms with Gasteiger partial charge in [0, 0.05) is 73.8 Å². The van der Waals surface area contributed by atoms with Crippen LogP contribution in [-0.4, -0.2) is 70.9 Å². The fraction of sp³-hybridized carbons (Fsp3) is 0.355. The van der Waals surface area contributed by atoms with Gasteiger partial charge in [-0.05, 0) is 55.7 Å². The van der Waals surface area contributed by atoms with Crippen molar-refractivity contribution >= 4 is 41.4 Å². The van der Waals surface area contributed by atoms with Crippen LogP contribution in [0.1, 0.15) is 28.8 Å². The number of carbonyl (C=O) groups excluding carboxylic acids is 2. The molecule has 0 bridgehead atoms. The molecule has 2 aliphatic rings. The molecule has 4 heterocycles. The molecule has 2 saturated heterocycles. The summed E-state index contributed by atoms with van der Waals surface area (Å²) in [6.45, 7) is 5.55. The summed E-state index contributed by atoms with van der Waals surface area (Å²) >= 11 is 0. The van der Waals surface area contributed by atoms with Crippen molar-refractivity contribution in [3.63, 3.8) is 0 Å². The first-order valence-electron chi connectivity index (χ1n) is 14.3. The zero-order valence-electron chi connectivity index (χ0n) is 24.4. The van der Waals surface area contributed by atoms with E-state index in [2.05, 4.69) is 25.9 Å². The summed E-state index contributed by atoms with van der Waals surface area (Å²) < 4.78 is 35.7. The molecule has 0 atom stereocenters. The average Bonchev–Trinajstić information content (AvgIpc) is 3.42. The summed E-state index contributed by atoms with van der Waals surface area (Å²) in [4.78, 5) is 36.5. The summed E-state index contributed by atoms with van der Waals surface area (Å²) in [7, 11) is 1.28. The molecule has 3 N–H and O–H groups in total. The molecule has 2 fully saturated rings. The van der Waals surface area contributed by atoms with Gasteiger partial charge in [0.05, 0.1) is 19.0 Å². The number of fused-ring (bicyclic) bond motifs is 1. The number of likely N-dealkylation sites (tertiary alicyclic amines) is 1. The third-order valence-corrected chi connectivity index (χ3v) is 8.27. The van der Waals surface area contributed by atoms with Crippen molar-refractivity contribution in [2.45, 2.75) is 19.8 Å². The third-order valence-electron chi connectivity index (χ3n) is 8.27. The number of imidazole rings is 1. The Bertz CT molecular complexity index is 1690. The van der Waals surface area contributed by atoms with E-state index in [1.165, 1.54) is 31.6 Å². The van der Waals surface area contributed by atoms with Crippen molar-refractivity contribution < 1.29 is 23.1 Å². The highest BCUT2D eigenvalue weighted by molar-refractivity contribution is 5.96. The Morgan fingerprint density at radius 1 is 1.09 bits per heavy atom. The van der Waals surface area contributed by atoms with Gasteiger partial charge >= 0.3 is 0 Å². The van der Waals surface area contributed by atoms with Gasteiger partial charge in [-0.2, -0.15) is 4.39 Å². The fourth-order valence-electron chi connectivity index (χ4n) is 5.61. The van der Waals surface area contributed by atoms with Gasteiger partial charge in [0.25, 0.3) is 5.91 Å². The molecular weight excluding hydrogens is 592 g/mol. The van der Waals surface area contributed by atoms with Crippen LogP contribution in [0.4, 0.5) is 20.3 Å². The Labute approximate surface area is 259 Å². The number of rotatable bonds is 8. The number of amides is 2. The number of aromatic nitrogens is 3. The van der Waals surface area contributed by atoms with Crippen LogP contribution in [0.15, 0.2) is 48.9 Å². The van der Waals surface area contributed by atoms with E-state index in [-0.39, 0.29) is 41.5 Å². The van der Waals surface area contributed by atoms with E-state index in [4.69, 9.17) is 4.74 Å². The molecule has 6 rings (SSSR count). The minimum absolute atomic E-state index is 0. The van der Waals surface area contributed by atoms with E-state index in [9.17, 15) is 18.4 Å². The molecule has 4 aromatic rings. The summed E-state index contributed by atoms with van der Waals surface area (Å²) in [6, 6.07) is 8.24. The maximum Gasteiger partial charge on any atom is 0.254 e. The van der Waals surface area contributed by atoms with E-state index in [0.29, 0.717) is 66.8 Å². The number of hydrogen-bond donors (Lipinski definition) is 3. The SMILES string of the molecule is COc1ccc(-c2cnc3c(Nc4ccc(C(=O)N5CCC(C(=O)NCC6CNC6)CC5)c(C)c4)nccn23)c(F)c1F.Cl. The van der Waals surface area contributed by atoms with Gasteiger partial charge in [-0.15, -0.1) is 12.4 Å². The van der Waals surface area contributed by atoms with Gasteiger partial charge in [-0.1, -0.05) is 0 Å². The van der Waals surface area contributed by atoms with Crippen LogP contribution in [0.25, 0.3) is 16.9 Å². The zero-order valence-corrected chi connectivity index (χ0v) is 25.2. The van der Waals surface area contributed by atoms with Gasteiger partial charge in [0.2, 0.25) is 11.7 Å². The summed E-state index contributed by atoms with van der Waals surface area (Å²) in [5.41, 5.74) is 2.89. The number of hydrogen-bond acceptors (Lipinski definition) is 7. The van der Waals surface area contributed by atoms with Crippen molar-refractivity contribution in [3.8, 4) is 17.0 Å². The first kappa shape index (κ1) is 31.1. The monoisotopic (exact) mass is 625 g/mol. The molecule has 2 aromatic carbocycles. The number of benzene rings is 2. The molecule has 2 amide bonds. The average molecular weight is 626 g/mol. The topological polar surface area (TPSA) is 113 Å². The predicted molar refractivity (Wildman–Crippen MR) is 165 cm³/mol. The van der Waals surface area contributed by atoms with E-state index in [1.54, 1.807) is 22.7 Å². The Morgan fingerprint density at radius 2 is 1.86 bits per heavy atom. The highest BCUT2D eigenvalue weighted by atomic mass is 35.5. The van der Waals surface area contributed by atoms with Crippen LogP contribution in [0.2, 0.25) is 0 Å². The first-order chi connectivity index (χ1) is 20.8. The highest BCUT2D eigenvalue weighted by Gasteiger charge is 2.29. The van der Waals surface area contributed by atoms with Gasteiger partial charge in [-0.3, -0.25) is 14.0 Å². The molecule has 44 heavy (non-hydrogen) atoms. The molecular formula is C31H34ClF2N7O3. The van der Waals surface area contributed by atoms with Crippen LogP contribution in [0, 0.1) is 30.4 Å². The standard InChI is InChI=1S/C31H33F2N7O3.ClH/c1-18-13-21(3-4-22(18)31(42)39-10-7-20(8-11-39)30(41)37-16-19-14-34-15-19)38-28-29-36-17-24(40(29)12-9-35-28)23-5-6-25(43-2)27(33)26(23)32;/h3-6,9,12-13,17,19-20,34H,7-8,10-11,14-16H2,1-2H3,(H,35,38)(H,37,41);1H. The van der Waals surface area contributed by atoms with Gasteiger partial charge < -0.3 is 25.6 Å². The lowest BCUT2D eigenvalue weighted by atomic mass is 9.94. The summed E-state index contributed by atoms with van der Waals surface area (Å²) in [6.07, 6.45) is 5.91. The van der Waals surface area contributed by atoms with E-state index in [1.807, 2.05) is 17.9 Å². The van der Waals surface area contributed by atoms with Crippen LogP contribution in [0.3, 0.4) is 0 Å². The summed E-state index contributed by atoms with van der Waals surface area (Å²) in [5.74, 6) is -1.39. The van der Waals surface area contributed by atoms with Gasteiger partial charge in [-0.25, -0.2) is 14.4 Å². The minimum Gasteiger partial charge on any atom is -0.494 e. The normalized spacial score (nSPS) is 15.4. The molecule has 0 aliphatic carbocycles. The van der Waals surface area contributed by atoms with Crippen molar-refractivity contribution in [3.05, 3.63) is 71.7 Å². The second-order valence-electron chi connectivity index (χ2n) is 11.0. The molecule has 232 valence electrons.